The van der Waals surface area contributed by atoms with Crippen LogP contribution in [0.5, 0.6) is 0 Å². The highest BCUT2D eigenvalue weighted by Crippen LogP contribution is 2.56. The molecule has 0 amide bonds. The third-order valence-electron chi connectivity index (χ3n) is 6.03. The van der Waals surface area contributed by atoms with Crippen molar-refractivity contribution in [1.29, 1.82) is 0 Å². The van der Waals surface area contributed by atoms with Crippen molar-refractivity contribution >= 4 is 7.12 Å². The summed E-state index contributed by atoms with van der Waals surface area (Å²) in [6, 6.07) is 0. The normalized spacial score (nSPS) is 33.1. The zero-order valence-electron chi connectivity index (χ0n) is 13.2. The highest BCUT2D eigenvalue weighted by atomic mass is 19.1. The molecule has 2 aliphatic carbocycles. The van der Waals surface area contributed by atoms with E-state index in [4.69, 9.17) is 9.31 Å². The van der Waals surface area contributed by atoms with Gasteiger partial charge in [-0.2, -0.15) is 0 Å². The average Bonchev–Trinajstić information content (AvgIpc) is 3.02. The highest BCUT2D eigenvalue weighted by molar-refractivity contribution is 6.53. The van der Waals surface area contributed by atoms with Crippen molar-refractivity contribution in [2.24, 2.45) is 5.41 Å². The maximum atomic E-state index is 15.0. The van der Waals surface area contributed by atoms with Gasteiger partial charge in [-0.15, -0.1) is 0 Å². The lowest BCUT2D eigenvalue weighted by Crippen LogP contribution is -2.41. The largest absolute Gasteiger partial charge is 0.525 e. The van der Waals surface area contributed by atoms with Gasteiger partial charge in [0.25, 0.3) is 0 Å². The molecule has 2 saturated carbocycles. The van der Waals surface area contributed by atoms with Gasteiger partial charge in [-0.3, -0.25) is 0 Å². The fraction of sp³-hybridized carbons (Fsp3) is 0.875. The molecular weight excluding hydrogens is 254 g/mol. The lowest BCUT2D eigenvalue weighted by atomic mass is 9.74. The van der Waals surface area contributed by atoms with Crippen LogP contribution >= 0.6 is 0 Å². The Morgan fingerprint density at radius 3 is 2.00 bits per heavy atom. The number of allylic oxidation sites excluding steroid dienone is 1. The van der Waals surface area contributed by atoms with E-state index >= 15 is 4.39 Å². The zero-order chi connectivity index (χ0) is 14.6. The summed E-state index contributed by atoms with van der Waals surface area (Å²) in [4.78, 5) is 0. The topological polar surface area (TPSA) is 18.5 Å². The molecule has 2 nitrogen and oxygen atoms in total. The van der Waals surface area contributed by atoms with Crippen molar-refractivity contribution in [2.75, 3.05) is 0 Å². The quantitative estimate of drug-likeness (QED) is 0.654. The van der Waals surface area contributed by atoms with E-state index in [2.05, 4.69) is 0 Å². The molecule has 0 N–H and O–H groups in total. The second kappa shape index (κ2) is 4.57. The van der Waals surface area contributed by atoms with Crippen molar-refractivity contribution in [1.82, 2.24) is 0 Å². The van der Waals surface area contributed by atoms with Crippen molar-refractivity contribution in [2.45, 2.75) is 83.8 Å². The summed E-state index contributed by atoms with van der Waals surface area (Å²) in [7, 11) is -0.800. The van der Waals surface area contributed by atoms with Gasteiger partial charge < -0.3 is 9.31 Å². The van der Waals surface area contributed by atoms with E-state index in [1.165, 1.54) is 12.8 Å². The van der Waals surface area contributed by atoms with Crippen molar-refractivity contribution in [3.05, 3.63) is 11.3 Å². The summed E-state index contributed by atoms with van der Waals surface area (Å²) in [6.45, 7) is 7.91. The summed E-state index contributed by atoms with van der Waals surface area (Å²) >= 11 is 0. The molecule has 1 saturated heterocycles. The maximum Gasteiger partial charge on any atom is 0.525 e. The molecule has 1 spiro atoms. The SMILES string of the molecule is CC1(C)OB(C(F)=C2CCCC23CCCC3)OC1(C)C. The Morgan fingerprint density at radius 1 is 0.950 bits per heavy atom. The Kier molecular flexibility index (Phi) is 3.34. The van der Waals surface area contributed by atoms with E-state index in [9.17, 15) is 0 Å². The number of hydrogen-bond acceptors (Lipinski definition) is 2. The molecule has 0 atom stereocenters. The van der Waals surface area contributed by atoms with E-state index in [0.717, 1.165) is 37.7 Å². The molecular formula is C16H26BFO2. The van der Waals surface area contributed by atoms with Gasteiger partial charge in [0.1, 0.15) is 5.73 Å². The van der Waals surface area contributed by atoms with Crippen LogP contribution in [0.15, 0.2) is 11.3 Å². The molecule has 4 heteroatoms. The molecule has 1 aliphatic heterocycles. The number of rotatable bonds is 1. The van der Waals surface area contributed by atoms with Crippen molar-refractivity contribution < 1.29 is 13.7 Å². The Bertz CT molecular complexity index is 414. The van der Waals surface area contributed by atoms with Gasteiger partial charge in [-0.05, 0) is 70.8 Å². The Morgan fingerprint density at radius 2 is 1.45 bits per heavy atom. The first-order valence-corrected chi connectivity index (χ1v) is 8.02. The summed E-state index contributed by atoms with van der Waals surface area (Å²) in [5.74, 6) is 0. The van der Waals surface area contributed by atoms with E-state index in [0.29, 0.717) is 0 Å². The lowest BCUT2D eigenvalue weighted by molar-refractivity contribution is 0.00578. The van der Waals surface area contributed by atoms with Crippen LogP contribution in [0.25, 0.3) is 0 Å². The summed E-state index contributed by atoms with van der Waals surface area (Å²) in [5, 5.41) is 0. The summed E-state index contributed by atoms with van der Waals surface area (Å²) < 4.78 is 26.8. The van der Waals surface area contributed by atoms with Crippen LogP contribution < -0.4 is 0 Å². The van der Waals surface area contributed by atoms with Crippen LogP contribution in [-0.2, 0) is 9.31 Å². The maximum absolute atomic E-state index is 15.0. The fourth-order valence-corrected chi connectivity index (χ4v) is 4.08. The second-order valence-electron chi connectivity index (χ2n) is 7.76. The van der Waals surface area contributed by atoms with Crippen LogP contribution in [0.4, 0.5) is 4.39 Å². The third-order valence-corrected chi connectivity index (χ3v) is 6.03. The molecule has 112 valence electrons. The molecule has 0 aromatic carbocycles. The molecule has 0 unspecified atom stereocenters. The van der Waals surface area contributed by atoms with Crippen molar-refractivity contribution in [3.8, 4) is 0 Å². The first-order valence-electron chi connectivity index (χ1n) is 8.02. The molecule has 20 heavy (non-hydrogen) atoms. The van der Waals surface area contributed by atoms with E-state index in [-0.39, 0.29) is 11.1 Å². The zero-order valence-corrected chi connectivity index (χ0v) is 13.2. The van der Waals surface area contributed by atoms with Crippen LogP contribution in [0.3, 0.4) is 0 Å². The first-order chi connectivity index (χ1) is 9.28. The Hall–Kier alpha value is -0.345. The monoisotopic (exact) mass is 280 g/mol. The smallest absolute Gasteiger partial charge is 0.398 e. The minimum absolute atomic E-state index is 0.122. The van der Waals surface area contributed by atoms with Gasteiger partial charge >= 0.3 is 7.12 Å². The highest BCUT2D eigenvalue weighted by Gasteiger charge is 2.55. The predicted molar refractivity (Wildman–Crippen MR) is 79.0 cm³/mol. The first kappa shape index (κ1) is 14.6. The molecule has 0 bridgehead atoms. The minimum Gasteiger partial charge on any atom is -0.398 e. The van der Waals surface area contributed by atoms with E-state index < -0.39 is 18.3 Å². The second-order valence-corrected chi connectivity index (χ2v) is 7.76. The Labute approximate surface area is 122 Å². The molecule has 0 aromatic heterocycles. The van der Waals surface area contributed by atoms with Gasteiger partial charge in [-0.1, -0.05) is 12.8 Å². The molecule has 0 aromatic rings. The standard InChI is InChI=1S/C16H26BFO2/c1-14(2)15(3,4)20-17(19-14)13(18)12-8-7-11-16(12)9-5-6-10-16/h5-11H2,1-4H3. The fourth-order valence-electron chi connectivity index (χ4n) is 4.08. The third kappa shape index (κ3) is 2.07. The summed E-state index contributed by atoms with van der Waals surface area (Å²) in [5.41, 5.74) is 0.0957. The van der Waals surface area contributed by atoms with Crippen LogP contribution in [0.1, 0.15) is 72.6 Å². The van der Waals surface area contributed by atoms with Crippen LogP contribution in [0.2, 0.25) is 0 Å². The molecule has 3 fully saturated rings. The Balaban J connectivity index is 1.89. The van der Waals surface area contributed by atoms with Gasteiger partial charge in [0, 0.05) is 0 Å². The lowest BCUT2D eigenvalue weighted by Gasteiger charge is -2.32. The molecule has 3 rings (SSSR count). The van der Waals surface area contributed by atoms with Crippen LogP contribution in [0, 0.1) is 5.41 Å². The van der Waals surface area contributed by atoms with Gasteiger partial charge in [-0.25, -0.2) is 4.39 Å². The minimum atomic E-state index is -0.800. The van der Waals surface area contributed by atoms with E-state index in [1.54, 1.807) is 0 Å². The number of hydrogen-bond donors (Lipinski definition) is 0. The van der Waals surface area contributed by atoms with Gasteiger partial charge in [0.15, 0.2) is 0 Å². The van der Waals surface area contributed by atoms with Gasteiger partial charge in [0.2, 0.25) is 0 Å². The number of halogens is 1. The molecule has 3 aliphatic rings. The van der Waals surface area contributed by atoms with Crippen LogP contribution in [-0.4, -0.2) is 18.3 Å². The predicted octanol–water partition coefficient (Wildman–Crippen LogP) is 4.59. The summed E-state index contributed by atoms with van der Waals surface area (Å²) in [6.07, 6.45) is 7.91. The molecule has 1 heterocycles. The van der Waals surface area contributed by atoms with E-state index in [1.807, 2.05) is 27.7 Å². The molecule has 0 radical (unpaired) electrons. The van der Waals surface area contributed by atoms with Crippen molar-refractivity contribution in [3.63, 3.8) is 0 Å². The average molecular weight is 280 g/mol. The van der Waals surface area contributed by atoms with Gasteiger partial charge in [0.05, 0.1) is 11.2 Å².